The molecule has 0 radical (unpaired) electrons. The number of hydrogen-bond acceptors (Lipinski definition) is 10. The molecule has 0 N–H and O–H groups in total. The molecule has 20 nitrogen and oxygen atoms in total. The molecule has 0 saturated carbocycles. The van der Waals surface area contributed by atoms with Gasteiger partial charge in [0.05, 0.1) is 110 Å². The summed E-state index contributed by atoms with van der Waals surface area (Å²) in [5.41, 5.74) is 18.4. The molecule has 0 aliphatic carbocycles. The van der Waals surface area contributed by atoms with Gasteiger partial charge in [-0.15, -0.1) is 0 Å². The van der Waals surface area contributed by atoms with Crippen LogP contribution in [0.5, 0.6) is 0 Å². The first-order chi connectivity index (χ1) is 68.5. The van der Waals surface area contributed by atoms with Crippen molar-refractivity contribution in [3.8, 4) is 85.6 Å². The summed E-state index contributed by atoms with van der Waals surface area (Å²) in [6.07, 6.45) is 8.42. The third-order valence-electron chi connectivity index (χ3n) is 22.2. The zero-order valence-electron chi connectivity index (χ0n) is 91.5. The van der Waals surface area contributed by atoms with Crippen molar-refractivity contribution in [1.82, 2.24) is 72.7 Å². The number of rotatable bonds is 10. The minimum absolute atomic E-state index is 0. The van der Waals surface area contributed by atoms with Crippen molar-refractivity contribution < 1.29 is 51.6 Å². The predicted octanol–water partition coefficient (Wildman–Crippen LogP) is 21.4. The number of imidazole rings is 5. The fourth-order valence-electron chi connectivity index (χ4n) is 16.3. The lowest BCUT2D eigenvalue weighted by atomic mass is 10.1. The summed E-state index contributed by atoms with van der Waals surface area (Å²) >= 11 is 0. The minimum Gasteiger partial charge on any atom is -0.254 e. The molecule has 20 rings (SSSR count). The third kappa shape index (κ3) is 17.1. The number of hydrogen-bond donors (Lipinski definition) is 0. The molecule has 0 aliphatic heterocycles. The predicted molar refractivity (Wildman–Crippen MR) is 521 cm³/mol. The van der Waals surface area contributed by atoms with Crippen LogP contribution in [0.1, 0.15) is 138 Å². The Morgan fingerprint density at radius 2 is 0.547 bits per heavy atom. The summed E-state index contributed by atoms with van der Waals surface area (Å²) in [5.74, 6) is 4.66. The topological polar surface area (TPSA) is 173 Å². The summed E-state index contributed by atoms with van der Waals surface area (Å²) in [7, 11) is 9.69. The van der Waals surface area contributed by atoms with Crippen LogP contribution in [0.4, 0.5) is 0 Å². The van der Waals surface area contributed by atoms with Gasteiger partial charge in [-0.1, -0.05) is 181 Å². The van der Waals surface area contributed by atoms with Crippen molar-refractivity contribution in [1.29, 1.82) is 0 Å². The summed E-state index contributed by atoms with van der Waals surface area (Å²) in [6, 6.07) is 78.1. The average molecular weight is 1720 g/mol. The largest absolute Gasteiger partial charge is 0.296 e. The zero-order chi connectivity index (χ0) is 104. The van der Waals surface area contributed by atoms with E-state index in [1.165, 1.54) is 25.6 Å². The summed E-state index contributed by atoms with van der Waals surface area (Å²) in [5, 5.41) is 0. The number of aryl methyl sites for hydroxylation is 19. The molecular weight excluding hydrogens is 1580 g/mol. The van der Waals surface area contributed by atoms with Crippen molar-refractivity contribution in [3.05, 3.63) is 359 Å². The second-order valence-corrected chi connectivity index (χ2v) is 30.0. The van der Waals surface area contributed by atoms with Crippen LogP contribution in [0.2, 0.25) is 0 Å². The average Bonchev–Trinajstić information content (AvgIpc) is 1.59. The standard InChI is InChI=1S/C22H23N4.2C21H21N4.2C20H19N4.4CH4/c1-14-10-6-7-11-18(14)22-25(5)19-12-8-9-13-20(19)26(22)21-15(2)23-17(4)24-16(21)3;1-14-9-5-6-10-17(14)21-24(4)18-11-7-8-12-19(18)25(21)20-15(2)22-13-23-16(20)3;1-14-9-5-6-10-17(14)21-24(4)18-11-7-8-12-19(18)25(21)20-16(3)23-15(2)13-22-20;1-14-8-4-5-9-16(14)20-23(3)17-10-6-7-11-18(17)24(20)19-12-21-13-22-15(19)2;1-14-8-4-5-9-16(14)20-23(3)17-10-6-7-11-18(17)24(20)19-15(2)21-12-13-22-19;;;;/h6-13H,1-5H3;2*5-13H,1-4H3;2*4-13H,1-3H3;4*1H4/q5*+1;;;;/i2*2D3,3D3;3D3;2*2D3;;;;. The van der Waals surface area contributed by atoms with Crippen LogP contribution < -0.4 is 22.8 Å². The van der Waals surface area contributed by atoms with Gasteiger partial charge in [-0.3, -0.25) is 9.97 Å². The first-order valence-electron chi connectivity index (χ1n) is 50.5. The molecule has 0 unspecified atom stereocenters. The van der Waals surface area contributed by atoms with Gasteiger partial charge < -0.3 is 0 Å². The first kappa shape index (κ1) is 67.4. The van der Waals surface area contributed by atoms with Gasteiger partial charge in [-0.2, -0.15) is 22.8 Å². The zero-order valence-corrected chi connectivity index (χ0v) is 70.5. The molecule has 646 valence electrons. The molecule has 0 spiro atoms. The Labute approximate surface area is 782 Å². The van der Waals surface area contributed by atoms with Crippen molar-refractivity contribution >= 4 is 55.2 Å². The third-order valence-corrected chi connectivity index (χ3v) is 22.2. The molecule has 20 heteroatoms. The van der Waals surface area contributed by atoms with E-state index in [1.807, 2.05) is 335 Å². The molecule has 10 aromatic carbocycles. The number of aromatic nitrogens is 20. The van der Waals surface area contributed by atoms with E-state index in [2.05, 4.69) is 63.5 Å². The van der Waals surface area contributed by atoms with Crippen LogP contribution in [-0.4, -0.2) is 72.7 Å². The maximum Gasteiger partial charge on any atom is 0.296 e. The van der Waals surface area contributed by atoms with Crippen LogP contribution in [0, 0.1) is 96.4 Å². The summed E-state index contributed by atoms with van der Waals surface area (Å²) < 4.78 is 188. The Balaban J connectivity index is 0.000000164. The van der Waals surface area contributed by atoms with Crippen molar-refractivity contribution in [2.75, 3.05) is 0 Å². The molecule has 0 saturated heterocycles. The SMILES string of the molecule is C.C.C.C.[2H]C([2H])([2H])c1nc(C)cnc1-n1c(-c2ccccc2C)[n+](C)c2ccccc21.[2H]C([2H])([2H])c1nc(C)nc(C([2H])([2H])[2H])c1-n1c(-c2ccccc2C)[n+](C)c2ccccc21.[2H]C([2H])([2H])c1nccnc1-n1c(-c2ccccc2C)[n+](C)c2ccccc21.[2H]C([2H])([2H])c1ncnc(C([2H])([2H])[2H])c1-n1c(-c2ccccc2C)[n+](C)c2ccccc21.[2H]C([2H])([2H])c1ncncc1-n1c(-c2ccccc2C)[n+](C)c2ccccc21. The fourth-order valence-corrected chi connectivity index (χ4v) is 16.3. The molecule has 0 atom stereocenters. The second-order valence-electron chi connectivity index (χ2n) is 30.0. The maximum absolute atomic E-state index is 8.13. The first-order valence-corrected chi connectivity index (χ1v) is 40.0. The van der Waals surface area contributed by atoms with E-state index in [0.29, 0.717) is 45.7 Å². The lowest BCUT2D eigenvalue weighted by Gasteiger charge is -2.10. The normalized spacial score (nSPS) is 14.0. The van der Waals surface area contributed by atoms with Gasteiger partial charge in [0.25, 0.3) is 29.1 Å². The minimum atomic E-state index is -2.64. The van der Waals surface area contributed by atoms with Gasteiger partial charge >= 0.3 is 0 Å². The second kappa shape index (κ2) is 39.0. The molecule has 0 amide bonds. The Morgan fingerprint density at radius 3 is 0.906 bits per heavy atom. The Bertz CT molecular complexity index is 8090. The highest BCUT2D eigenvalue weighted by atomic mass is 15.2. The van der Waals surface area contributed by atoms with E-state index in [4.69, 9.17) is 28.8 Å². The molecular formula is C108H119N20+5. The Hall–Kier alpha value is -15.1. The number of para-hydroxylation sites is 10. The molecule has 10 aromatic heterocycles. The maximum atomic E-state index is 8.13. The van der Waals surface area contributed by atoms with Crippen molar-refractivity contribution in [3.63, 3.8) is 0 Å². The van der Waals surface area contributed by atoms with Gasteiger partial charge in [-0.05, 0) is 215 Å². The van der Waals surface area contributed by atoms with Crippen LogP contribution in [0.15, 0.2) is 280 Å². The lowest BCUT2D eigenvalue weighted by Crippen LogP contribution is -2.30. The monoisotopic (exact) mass is 1720 g/mol. The van der Waals surface area contributed by atoms with Crippen LogP contribution >= 0.6 is 0 Å². The molecule has 0 bridgehead atoms. The van der Waals surface area contributed by atoms with Crippen LogP contribution in [0.25, 0.3) is 141 Å². The van der Waals surface area contributed by atoms with E-state index < -0.39 is 48.0 Å². The fraction of sp³-hybridized carbons (Fsp3) is 0.213. The van der Waals surface area contributed by atoms with Crippen molar-refractivity contribution in [2.45, 2.75) is 126 Å². The van der Waals surface area contributed by atoms with E-state index in [9.17, 15) is 0 Å². The molecule has 128 heavy (non-hydrogen) atoms. The molecule has 10 heterocycles. The lowest BCUT2D eigenvalue weighted by molar-refractivity contribution is -0.634. The van der Waals surface area contributed by atoms with E-state index >= 15 is 0 Å². The van der Waals surface area contributed by atoms with Crippen molar-refractivity contribution in [2.24, 2.45) is 35.2 Å². The van der Waals surface area contributed by atoms with Gasteiger partial charge in [0.2, 0.25) is 11.6 Å². The van der Waals surface area contributed by atoms with Gasteiger partial charge in [-0.25, -0.2) is 62.7 Å². The van der Waals surface area contributed by atoms with Gasteiger partial charge in [0, 0.05) is 41.2 Å². The molecule has 0 aliphatic rings. The van der Waals surface area contributed by atoms with E-state index in [1.54, 1.807) is 28.5 Å². The highest BCUT2D eigenvalue weighted by Gasteiger charge is 2.35. The summed E-state index contributed by atoms with van der Waals surface area (Å²) in [6.45, 7) is -4.34. The van der Waals surface area contributed by atoms with E-state index in [-0.39, 0.29) is 86.8 Å². The molecule has 0 fully saturated rings. The van der Waals surface area contributed by atoms with Gasteiger partial charge in [0.15, 0.2) is 72.2 Å². The quantitative estimate of drug-likeness (QED) is 0.120. The van der Waals surface area contributed by atoms with E-state index in [0.717, 1.165) is 124 Å². The highest BCUT2D eigenvalue weighted by molar-refractivity contribution is 5.85. The van der Waals surface area contributed by atoms with Crippen LogP contribution in [0.3, 0.4) is 0 Å². The molecule has 20 aromatic rings. The number of benzene rings is 10. The Kier molecular flexibility index (Phi) is 20.5. The number of nitrogens with zero attached hydrogens (tertiary/aromatic N) is 20. The Morgan fingerprint density at radius 1 is 0.258 bits per heavy atom. The van der Waals surface area contributed by atoms with Gasteiger partial charge in [0.1, 0.15) is 29.9 Å². The van der Waals surface area contributed by atoms with Crippen LogP contribution in [-0.2, 0) is 35.2 Å². The smallest absolute Gasteiger partial charge is 0.254 e. The summed E-state index contributed by atoms with van der Waals surface area (Å²) in [4.78, 5) is 42.1. The highest BCUT2D eigenvalue weighted by Crippen LogP contribution is 2.37. The number of fused-ring (bicyclic) bond motifs is 5.